The molecule has 0 radical (unpaired) electrons. The summed E-state index contributed by atoms with van der Waals surface area (Å²) in [6, 6.07) is 3.19. The Morgan fingerprint density at radius 3 is 2.62 bits per heavy atom. The molecule has 1 aliphatic carbocycles. The van der Waals surface area contributed by atoms with Gasteiger partial charge in [0.15, 0.2) is 0 Å². The molecular weight excluding hydrogens is 500 g/mol. The SMILES string of the molecule is Cc1c(CCC(=O)NCCCCCC(=O)N2CCCC2C(=O)O)c(=O)oc2cc3oc4c(c3cc12)CCCC4. The number of likely N-dealkylation sites (tertiary alicyclic amines) is 1. The second kappa shape index (κ2) is 11.6. The molecule has 1 saturated heterocycles. The molecule has 0 saturated carbocycles. The molecule has 3 aromatic rings. The Kier molecular flexibility index (Phi) is 8.04. The fourth-order valence-corrected chi connectivity index (χ4v) is 6.03. The van der Waals surface area contributed by atoms with Crippen molar-refractivity contribution in [2.45, 2.75) is 90.0 Å². The van der Waals surface area contributed by atoms with Crippen LogP contribution in [0, 0.1) is 6.92 Å². The Hall–Kier alpha value is -3.62. The summed E-state index contributed by atoms with van der Waals surface area (Å²) >= 11 is 0. The highest BCUT2D eigenvalue weighted by Crippen LogP contribution is 2.35. The number of carboxylic acid groups (broad SMARTS) is 1. The van der Waals surface area contributed by atoms with Crippen molar-refractivity contribution in [3.05, 3.63) is 45.0 Å². The van der Waals surface area contributed by atoms with E-state index in [9.17, 15) is 24.3 Å². The molecule has 9 heteroatoms. The van der Waals surface area contributed by atoms with Gasteiger partial charge in [0.2, 0.25) is 11.8 Å². The molecule has 0 spiro atoms. The third kappa shape index (κ3) is 5.72. The maximum absolute atomic E-state index is 12.7. The number of nitrogens with one attached hydrogen (secondary N) is 1. The van der Waals surface area contributed by atoms with Crippen LogP contribution in [0.5, 0.6) is 0 Å². The molecule has 1 aromatic carbocycles. The minimum absolute atomic E-state index is 0.109. The van der Waals surface area contributed by atoms with Gasteiger partial charge in [0, 0.05) is 60.3 Å². The number of aliphatic carboxylic acids is 1. The number of fused-ring (bicyclic) bond motifs is 4. The molecule has 3 heterocycles. The number of carbonyl (C=O) groups is 3. The first-order chi connectivity index (χ1) is 18.8. The number of unbranched alkanes of at least 4 members (excludes halogenated alkanes) is 2. The van der Waals surface area contributed by atoms with Gasteiger partial charge in [0.1, 0.15) is 23.0 Å². The van der Waals surface area contributed by atoms with Crippen molar-refractivity contribution in [3.8, 4) is 0 Å². The molecule has 1 fully saturated rings. The minimum Gasteiger partial charge on any atom is -0.480 e. The van der Waals surface area contributed by atoms with Crippen LogP contribution in [-0.2, 0) is 33.6 Å². The van der Waals surface area contributed by atoms with Crippen molar-refractivity contribution in [2.24, 2.45) is 0 Å². The van der Waals surface area contributed by atoms with Gasteiger partial charge in [-0.25, -0.2) is 9.59 Å². The number of nitrogens with zero attached hydrogens (tertiary/aromatic N) is 1. The summed E-state index contributed by atoms with van der Waals surface area (Å²) in [7, 11) is 0. The number of hydrogen-bond donors (Lipinski definition) is 2. The molecule has 208 valence electrons. The normalized spacial score (nSPS) is 17.1. The summed E-state index contributed by atoms with van der Waals surface area (Å²) in [5, 5.41) is 14.1. The lowest BCUT2D eigenvalue weighted by molar-refractivity contribution is -0.148. The number of furan rings is 1. The van der Waals surface area contributed by atoms with E-state index in [0.717, 1.165) is 72.6 Å². The van der Waals surface area contributed by atoms with E-state index in [1.807, 2.05) is 13.0 Å². The zero-order valence-corrected chi connectivity index (χ0v) is 22.5. The minimum atomic E-state index is -0.936. The third-order valence-electron chi connectivity index (χ3n) is 8.21. The Bertz CT molecular complexity index is 1470. The molecule has 5 rings (SSSR count). The molecule has 2 N–H and O–H groups in total. The highest BCUT2D eigenvalue weighted by atomic mass is 16.4. The summed E-state index contributed by atoms with van der Waals surface area (Å²) in [6.07, 6.45) is 8.40. The van der Waals surface area contributed by atoms with E-state index in [-0.39, 0.29) is 18.2 Å². The molecule has 1 aliphatic heterocycles. The zero-order chi connectivity index (χ0) is 27.5. The summed E-state index contributed by atoms with van der Waals surface area (Å²) in [4.78, 5) is 50.2. The summed E-state index contributed by atoms with van der Waals surface area (Å²) in [5.74, 6) is -0.143. The molecule has 2 amide bonds. The largest absolute Gasteiger partial charge is 0.480 e. The van der Waals surface area contributed by atoms with Gasteiger partial charge in [-0.2, -0.15) is 0 Å². The molecule has 0 bridgehead atoms. The van der Waals surface area contributed by atoms with E-state index in [1.165, 1.54) is 10.5 Å². The maximum Gasteiger partial charge on any atom is 0.339 e. The molecule has 9 nitrogen and oxygen atoms in total. The topological polar surface area (TPSA) is 130 Å². The van der Waals surface area contributed by atoms with Crippen LogP contribution in [0.15, 0.2) is 25.8 Å². The van der Waals surface area contributed by atoms with E-state index in [0.29, 0.717) is 49.9 Å². The summed E-state index contributed by atoms with van der Waals surface area (Å²) in [6.45, 7) is 2.91. The Morgan fingerprint density at radius 1 is 1.00 bits per heavy atom. The average Bonchev–Trinajstić information content (AvgIpc) is 3.54. The number of carboxylic acids is 1. The number of carbonyl (C=O) groups excluding carboxylic acids is 2. The Balaban J connectivity index is 1.10. The van der Waals surface area contributed by atoms with Crippen molar-refractivity contribution < 1.29 is 28.3 Å². The first-order valence-electron chi connectivity index (χ1n) is 14.1. The first kappa shape index (κ1) is 27.0. The van der Waals surface area contributed by atoms with E-state index in [2.05, 4.69) is 11.4 Å². The van der Waals surface area contributed by atoms with Crippen LogP contribution in [0.2, 0.25) is 0 Å². The zero-order valence-electron chi connectivity index (χ0n) is 22.5. The molecule has 2 aromatic heterocycles. The van der Waals surface area contributed by atoms with Gasteiger partial charge in [-0.1, -0.05) is 6.42 Å². The van der Waals surface area contributed by atoms with Gasteiger partial charge in [-0.05, 0) is 69.9 Å². The number of aryl methyl sites for hydroxylation is 3. The van der Waals surface area contributed by atoms with Gasteiger partial charge < -0.3 is 24.2 Å². The lowest BCUT2D eigenvalue weighted by Gasteiger charge is -2.21. The van der Waals surface area contributed by atoms with Crippen LogP contribution < -0.4 is 10.9 Å². The fourth-order valence-electron chi connectivity index (χ4n) is 6.03. The van der Waals surface area contributed by atoms with Crippen molar-refractivity contribution in [3.63, 3.8) is 0 Å². The van der Waals surface area contributed by atoms with Crippen LogP contribution in [-0.4, -0.2) is 46.9 Å². The predicted molar refractivity (Wildman–Crippen MR) is 146 cm³/mol. The quantitative estimate of drug-likeness (QED) is 0.290. The highest BCUT2D eigenvalue weighted by molar-refractivity contribution is 5.97. The van der Waals surface area contributed by atoms with Crippen LogP contribution in [0.1, 0.15) is 80.2 Å². The van der Waals surface area contributed by atoms with Gasteiger partial charge >= 0.3 is 11.6 Å². The van der Waals surface area contributed by atoms with E-state index in [4.69, 9.17) is 8.83 Å². The Labute approximate surface area is 226 Å². The lowest BCUT2D eigenvalue weighted by Crippen LogP contribution is -2.40. The van der Waals surface area contributed by atoms with E-state index >= 15 is 0 Å². The smallest absolute Gasteiger partial charge is 0.339 e. The van der Waals surface area contributed by atoms with Crippen LogP contribution >= 0.6 is 0 Å². The summed E-state index contributed by atoms with van der Waals surface area (Å²) < 4.78 is 11.7. The maximum atomic E-state index is 12.7. The summed E-state index contributed by atoms with van der Waals surface area (Å²) in [5.41, 5.74) is 3.47. The highest BCUT2D eigenvalue weighted by Gasteiger charge is 2.33. The molecule has 1 atom stereocenters. The van der Waals surface area contributed by atoms with Gasteiger partial charge in [-0.3, -0.25) is 9.59 Å². The van der Waals surface area contributed by atoms with Crippen LogP contribution in [0.25, 0.3) is 21.9 Å². The first-order valence-corrected chi connectivity index (χ1v) is 14.1. The number of rotatable bonds is 10. The third-order valence-corrected chi connectivity index (χ3v) is 8.21. The van der Waals surface area contributed by atoms with Gasteiger partial charge in [0.05, 0.1) is 0 Å². The molecular formula is C30H36N2O7. The predicted octanol–water partition coefficient (Wildman–Crippen LogP) is 4.41. The van der Waals surface area contributed by atoms with E-state index in [1.54, 1.807) is 0 Å². The molecule has 1 unspecified atom stereocenters. The van der Waals surface area contributed by atoms with Crippen molar-refractivity contribution in [2.75, 3.05) is 13.1 Å². The number of benzene rings is 1. The number of amides is 2. The van der Waals surface area contributed by atoms with Crippen molar-refractivity contribution >= 4 is 39.7 Å². The van der Waals surface area contributed by atoms with Crippen molar-refractivity contribution in [1.29, 1.82) is 0 Å². The Morgan fingerprint density at radius 2 is 1.79 bits per heavy atom. The van der Waals surface area contributed by atoms with Crippen LogP contribution in [0.3, 0.4) is 0 Å². The monoisotopic (exact) mass is 536 g/mol. The van der Waals surface area contributed by atoms with Crippen LogP contribution in [0.4, 0.5) is 0 Å². The number of hydrogen-bond acceptors (Lipinski definition) is 6. The second-order valence-electron chi connectivity index (χ2n) is 10.8. The van der Waals surface area contributed by atoms with Gasteiger partial charge in [-0.15, -0.1) is 0 Å². The van der Waals surface area contributed by atoms with Crippen molar-refractivity contribution in [1.82, 2.24) is 10.2 Å². The molecule has 2 aliphatic rings. The molecule has 39 heavy (non-hydrogen) atoms. The average molecular weight is 537 g/mol. The fraction of sp³-hybridized carbons (Fsp3) is 0.533. The second-order valence-corrected chi connectivity index (χ2v) is 10.8. The van der Waals surface area contributed by atoms with Gasteiger partial charge in [0.25, 0.3) is 0 Å². The lowest BCUT2D eigenvalue weighted by atomic mass is 9.94. The standard InChI is InChI=1S/C30H36N2O7/c1-18-19(30(37)39-25-17-26-22(16-21(18)25)20-8-4-5-10-24(20)38-26)12-13-27(33)31-14-6-2-3-11-28(34)32-15-7-9-23(32)29(35)36/h16-17,23H,2-15H2,1H3,(H,31,33)(H,35,36). The van der Waals surface area contributed by atoms with E-state index < -0.39 is 17.6 Å².